The molecule has 0 radical (unpaired) electrons. The van der Waals surface area contributed by atoms with E-state index in [9.17, 15) is 19.4 Å². The number of aliphatic hydroxyl groups is 2. The van der Waals surface area contributed by atoms with Gasteiger partial charge < -0.3 is 24.8 Å². The largest absolute Gasteiger partial charge is 0.497 e. The molecule has 1 fully saturated rings. The predicted molar refractivity (Wildman–Crippen MR) is 108 cm³/mol. The lowest BCUT2D eigenvalue weighted by Crippen LogP contribution is -2.34. The number of halogens is 1. The molecule has 3 N–H and O–H groups in total. The molecule has 6 nitrogen and oxygen atoms in total. The Bertz CT molecular complexity index is 876. The maximum absolute atomic E-state index is 14.3. The zero-order chi connectivity index (χ0) is 21.7. The SMILES string of the molecule is COc1ccc(F)c(C2(O)CCC(COc3cccc([C@H](O)CC(=O)O)c3)CC2)c1. The first kappa shape index (κ1) is 22.1. The van der Waals surface area contributed by atoms with Crippen molar-refractivity contribution >= 4 is 5.97 Å². The van der Waals surface area contributed by atoms with Crippen LogP contribution in [0.2, 0.25) is 0 Å². The summed E-state index contributed by atoms with van der Waals surface area (Å²) >= 11 is 0. The lowest BCUT2D eigenvalue weighted by atomic mass is 9.75. The summed E-state index contributed by atoms with van der Waals surface area (Å²) in [5.41, 5.74) is -0.474. The molecule has 1 saturated carbocycles. The van der Waals surface area contributed by atoms with Crippen LogP contribution in [-0.2, 0) is 10.4 Å². The van der Waals surface area contributed by atoms with E-state index in [4.69, 9.17) is 14.6 Å². The van der Waals surface area contributed by atoms with Gasteiger partial charge in [-0.3, -0.25) is 4.79 Å². The first-order valence-corrected chi connectivity index (χ1v) is 10.00. The van der Waals surface area contributed by atoms with Gasteiger partial charge >= 0.3 is 5.97 Å². The number of rotatable bonds is 8. The van der Waals surface area contributed by atoms with E-state index in [1.807, 2.05) is 0 Å². The summed E-state index contributed by atoms with van der Waals surface area (Å²) in [5.74, 6) is -0.251. The second-order valence-corrected chi connectivity index (χ2v) is 7.82. The molecule has 0 heterocycles. The minimum absolute atomic E-state index is 0.201. The van der Waals surface area contributed by atoms with Crippen LogP contribution in [-0.4, -0.2) is 35.0 Å². The Morgan fingerprint density at radius 2 is 1.93 bits per heavy atom. The molecule has 0 unspecified atom stereocenters. The van der Waals surface area contributed by atoms with Crippen molar-refractivity contribution in [2.24, 2.45) is 5.92 Å². The van der Waals surface area contributed by atoms with Crippen molar-refractivity contribution in [2.75, 3.05) is 13.7 Å². The molecule has 1 atom stereocenters. The van der Waals surface area contributed by atoms with Crippen LogP contribution in [0.4, 0.5) is 4.39 Å². The molecule has 1 aliphatic rings. The van der Waals surface area contributed by atoms with Crippen LogP contribution in [0.15, 0.2) is 42.5 Å². The first-order valence-electron chi connectivity index (χ1n) is 10.00. The predicted octanol–water partition coefficient (Wildman–Crippen LogP) is 3.80. The van der Waals surface area contributed by atoms with Gasteiger partial charge in [-0.05, 0) is 67.5 Å². The van der Waals surface area contributed by atoms with Crippen molar-refractivity contribution in [2.45, 2.75) is 43.8 Å². The molecule has 162 valence electrons. The first-order chi connectivity index (χ1) is 14.3. The van der Waals surface area contributed by atoms with E-state index in [1.165, 1.54) is 19.2 Å². The summed E-state index contributed by atoms with van der Waals surface area (Å²) in [6, 6.07) is 11.2. The van der Waals surface area contributed by atoms with Gasteiger partial charge in [0.2, 0.25) is 0 Å². The van der Waals surface area contributed by atoms with Gasteiger partial charge in [0, 0.05) is 5.56 Å². The van der Waals surface area contributed by atoms with Gasteiger partial charge in [-0.25, -0.2) is 4.39 Å². The molecule has 2 aromatic carbocycles. The van der Waals surface area contributed by atoms with Crippen LogP contribution in [0.3, 0.4) is 0 Å². The van der Waals surface area contributed by atoms with Crippen LogP contribution in [0.1, 0.15) is 49.3 Å². The molecule has 0 spiro atoms. The second kappa shape index (κ2) is 9.45. The van der Waals surface area contributed by atoms with Crippen molar-refractivity contribution in [3.63, 3.8) is 0 Å². The number of ether oxygens (including phenoxy) is 2. The molecule has 0 amide bonds. The second-order valence-electron chi connectivity index (χ2n) is 7.82. The third-order valence-corrected chi connectivity index (χ3v) is 5.70. The number of aliphatic carboxylic acids is 1. The van der Waals surface area contributed by atoms with Crippen molar-refractivity contribution in [1.29, 1.82) is 0 Å². The van der Waals surface area contributed by atoms with Crippen LogP contribution >= 0.6 is 0 Å². The number of hydrogen-bond acceptors (Lipinski definition) is 5. The summed E-state index contributed by atoms with van der Waals surface area (Å²) in [7, 11) is 1.50. The Hall–Kier alpha value is -2.64. The number of methoxy groups -OCH3 is 1. The smallest absolute Gasteiger partial charge is 0.306 e. The zero-order valence-corrected chi connectivity index (χ0v) is 16.9. The average Bonchev–Trinajstić information content (AvgIpc) is 2.73. The molecule has 1 aliphatic carbocycles. The standard InChI is InChI=1S/C23H27FO6/c1-29-17-5-6-20(24)19(12-17)23(28)9-7-15(8-10-23)14-30-18-4-2-3-16(11-18)21(25)13-22(26)27/h2-6,11-12,15,21,25,28H,7-10,13-14H2,1H3,(H,26,27)/t15?,21-,23?/m1/s1. The van der Waals surface area contributed by atoms with Gasteiger partial charge in [0.25, 0.3) is 0 Å². The molecule has 2 aromatic rings. The Labute approximate surface area is 174 Å². The molecular weight excluding hydrogens is 391 g/mol. The lowest BCUT2D eigenvalue weighted by Gasteiger charge is -2.36. The van der Waals surface area contributed by atoms with Gasteiger partial charge in [0.1, 0.15) is 17.3 Å². The highest BCUT2D eigenvalue weighted by molar-refractivity contribution is 5.67. The van der Waals surface area contributed by atoms with E-state index in [1.54, 1.807) is 30.3 Å². The maximum atomic E-state index is 14.3. The topological polar surface area (TPSA) is 96.2 Å². The van der Waals surface area contributed by atoms with Gasteiger partial charge in [0.05, 0.1) is 31.8 Å². The fourth-order valence-electron chi connectivity index (χ4n) is 3.89. The fraction of sp³-hybridized carbons (Fsp3) is 0.435. The van der Waals surface area contributed by atoms with Crippen LogP contribution in [0, 0.1) is 11.7 Å². The molecule has 3 rings (SSSR count). The van der Waals surface area contributed by atoms with Crippen molar-refractivity contribution in [1.82, 2.24) is 0 Å². The van der Waals surface area contributed by atoms with Gasteiger partial charge in [-0.15, -0.1) is 0 Å². The highest BCUT2D eigenvalue weighted by atomic mass is 19.1. The molecular formula is C23H27FO6. The average molecular weight is 418 g/mol. The zero-order valence-electron chi connectivity index (χ0n) is 16.9. The molecule has 7 heteroatoms. The summed E-state index contributed by atoms with van der Waals surface area (Å²) < 4.78 is 25.3. The molecule has 30 heavy (non-hydrogen) atoms. The Morgan fingerprint density at radius 3 is 2.60 bits per heavy atom. The van der Waals surface area contributed by atoms with Gasteiger partial charge in [-0.2, -0.15) is 0 Å². The minimum atomic E-state index is -1.23. The maximum Gasteiger partial charge on any atom is 0.306 e. The van der Waals surface area contributed by atoms with E-state index in [0.717, 1.165) is 0 Å². The third kappa shape index (κ3) is 5.29. The van der Waals surface area contributed by atoms with E-state index in [0.29, 0.717) is 49.4 Å². The highest BCUT2D eigenvalue weighted by Gasteiger charge is 2.37. The fourth-order valence-corrected chi connectivity index (χ4v) is 3.89. The number of hydrogen-bond donors (Lipinski definition) is 3. The molecule has 0 aromatic heterocycles. The van der Waals surface area contributed by atoms with Crippen molar-refractivity contribution < 1.29 is 34.0 Å². The Morgan fingerprint density at radius 1 is 1.20 bits per heavy atom. The van der Waals surface area contributed by atoms with E-state index in [2.05, 4.69) is 0 Å². The number of carbonyl (C=O) groups is 1. The number of carboxylic acids is 1. The van der Waals surface area contributed by atoms with Gasteiger partial charge in [0.15, 0.2) is 0 Å². The molecule has 0 bridgehead atoms. The number of benzene rings is 2. The molecule has 0 aliphatic heterocycles. The summed E-state index contributed by atoms with van der Waals surface area (Å²) in [6.07, 6.45) is 0.730. The van der Waals surface area contributed by atoms with Crippen LogP contribution in [0.5, 0.6) is 11.5 Å². The van der Waals surface area contributed by atoms with Gasteiger partial charge in [-0.1, -0.05) is 12.1 Å². The minimum Gasteiger partial charge on any atom is -0.497 e. The summed E-state index contributed by atoms with van der Waals surface area (Å²) in [5, 5.41) is 29.8. The van der Waals surface area contributed by atoms with E-state index >= 15 is 0 Å². The third-order valence-electron chi connectivity index (χ3n) is 5.70. The number of aliphatic hydroxyl groups excluding tert-OH is 1. The monoisotopic (exact) mass is 418 g/mol. The Balaban J connectivity index is 1.57. The quantitative estimate of drug-likeness (QED) is 0.604. The van der Waals surface area contributed by atoms with E-state index in [-0.39, 0.29) is 17.9 Å². The highest BCUT2D eigenvalue weighted by Crippen LogP contribution is 2.41. The summed E-state index contributed by atoms with van der Waals surface area (Å²) in [6.45, 7) is 0.426. The molecule has 0 saturated heterocycles. The number of carboxylic acid groups (broad SMARTS) is 1. The van der Waals surface area contributed by atoms with Crippen molar-refractivity contribution in [3.8, 4) is 11.5 Å². The normalized spacial score (nSPS) is 22.3. The van der Waals surface area contributed by atoms with Crippen molar-refractivity contribution in [3.05, 3.63) is 59.4 Å². The van der Waals surface area contributed by atoms with E-state index < -0.39 is 23.5 Å². The van der Waals surface area contributed by atoms with Crippen LogP contribution in [0.25, 0.3) is 0 Å². The lowest BCUT2D eigenvalue weighted by molar-refractivity contribution is -0.139. The summed E-state index contributed by atoms with van der Waals surface area (Å²) in [4.78, 5) is 10.8. The Kier molecular flexibility index (Phi) is 6.95. The van der Waals surface area contributed by atoms with Crippen LogP contribution < -0.4 is 9.47 Å².